The molecule has 10 nitrogen and oxygen atoms in total. The number of hydrogen-bond acceptors (Lipinski definition) is 5. The van der Waals surface area contributed by atoms with Gasteiger partial charge in [-0.2, -0.15) is 0 Å². The second-order valence-electron chi connectivity index (χ2n) is 10.5. The Labute approximate surface area is 240 Å². The lowest BCUT2D eigenvalue weighted by molar-refractivity contribution is 0.0772. The maximum absolute atomic E-state index is 13.7. The predicted octanol–water partition coefficient (Wildman–Crippen LogP) is 6.40. The van der Waals surface area contributed by atoms with Gasteiger partial charge in [-0.15, -0.1) is 5.11 Å². The molecule has 4 N–H and O–H groups in total. The molecule has 0 aliphatic rings. The van der Waals surface area contributed by atoms with Crippen LogP contribution in [0.4, 0.5) is 16.2 Å². The Morgan fingerprint density at radius 2 is 1.51 bits per heavy atom. The van der Waals surface area contributed by atoms with Crippen LogP contribution in [0.2, 0.25) is 0 Å². The highest BCUT2D eigenvalue weighted by atomic mass is 16.2. The number of carbonyl (C=O) groups excluding carboxylic acids is 3. The zero-order valence-electron chi connectivity index (χ0n) is 24.1. The summed E-state index contributed by atoms with van der Waals surface area (Å²) in [5.41, 5.74) is 10.6. The summed E-state index contributed by atoms with van der Waals surface area (Å²) in [5, 5.41) is 15.4. The van der Waals surface area contributed by atoms with E-state index in [1.54, 1.807) is 58.3 Å². The van der Waals surface area contributed by atoms with Crippen LogP contribution in [0, 0.1) is 10.9 Å². The van der Waals surface area contributed by atoms with Crippen LogP contribution < -0.4 is 15.5 Å². The normalized spacial score (nSPS) is 10.9. The second kappa shape index (κ2) is 13.5. The van der Waals surface area contributed by atoms with Gasteiger partial charge in [0.05, 0.1) is 6.54 Å². The Morgan fingerprint density at radius 1 is 0.878 bits per heavy atom. The van der Waals surface area contributed by atoms with Crippen molar-refractivity contribution in [2.45, 2.75) is 46.6 Å². The van der Waals surface area contributed by atoms with Gasteiger partial charge < -0.3 is 10.2 Å². The summed E-state index contributed by atoms with van der Waals surface area (Å²) in [6.07, 6.45) is 0. The van der Waals surface area contributed by atoms with Crippen molar-refractivity contribution in [3.8, 4) is 0 Å². The van der Waals surface area contributed by atoms with Crippen molar-refractivity contribution in [3.05, 3.63) is 95.1 Å². The van der Waals surface area contributed by atoms with E-state index in [0.717, 1.165) is 11.1 Å². The molecule has 3 aromatic rings. The van der Waals surface area contributed by atoms with E-state index in [0.29, 0.717) is 35.6 Å². The molecular weight excluding hydrogens is 518 g/mol. The third-order valence-corrected chi connectivity index (χ3v) is 6.60. The number of nitrogens with one attached hydrogen (secondary N) is 4. The molecule has 0 spiro atoms. The fourth-order valence-corrected chi connectivity index (χ4v) is 4.19. The summed E-state index contributed by atoms with van der Waals surface area (Å²) in [6.45, 7) is 11.6. The Hall–Kier alpha value is -4.86. The molecule has 3 aromatic carbocycles. The predicted molar refractivity (Wildman–Crippen MR) is 161 cm³/mol. The molecule has 41 heavy (non-hydrogen) atoms. The monoisotopic (exact) mass is 555 g/mol. The molecule has 10 heteroatoms. The van der Waals surface area contributed by atoms with Gasteiger partial charge in [0.2, 0.25) is 5.96 Å². The largest absolute Gasteiger partial charge is 0.339 e. The van der Waals surface area contributed by atoms with Crippen LogP contribution in [0.25, 0.3) is 0 Å². The lowest BCUT2D eigenvalue weighted by atomic mass is 9.87. The Bertz CT molecular complexity index is 1410. The van der Waals surface area contributed by atoms with Gasteiger partial charge in [-0.25, -0.2) is 10.3 Å². The zero-order valence-corrected chi connectivity index (χ0v) is 24.1. The maximum atomic E-state index is 13.7. The number of urea groups is 1. The molecule has 4 amide bonds. The van der Waals surface area contributed by atoms with Gasteiger partial charge in [-0.3, -0.25) is 25.2 Å². The summed E-state index contributed by atoms with van der Waals surface area (Å²) < 4.78 is 0. The lowest BCUT2D eigenvalue weighted by Gasteiger charge is -2.25. The van der Waals surface area contributed by atoms with Gasteiger partial charge in [0, 0.05) is 35.6 Å². The number of nitrogens with zero attached hydrogens (tertiary/aromatic N) is 3. The van der Waals surface area contributed by atoms with Crippen molar-refractivity contribution in [2.75, 3.05) is 23.3 Å². The first-order valence-corrected chi connectivity index (χ1v) is 13.4. The number of anilines is 2. The van der Waals surface area contributed by atoms with E-state index in [9.17, 15) is 14.4 Å². The molecule has 0 aliphatic carbocycles. The topological polar surface area (TPSA) is 142 Å². The van der Waals surface area contributed by atoms with Crippen molar-refractivity contribution in [3.63, 3.8) is 0 Å². The van der Waals surface area contributed by atoms with E-state index < -0.39 is 11.9 Å². The lowest BCUT2D eigenvalue weighted by Crippen LogP contribution is -2.35. The van der Waals surface area contributed by atoms with Gasteiger partial charge in [-0.05, 0) is 72.9 Å². The van der Waals surface area contributed by atoms with Gasteiger partial charge in [-0.1, -0.05) is 51.1 Å². The minimum Gasteiger partial charge on any atom is -0.339 e. The fraction of sp³-hybridized carbons (Fsp3) is 0.290. The maximum Gasteiger partial charge on any atom is 0.326 e. The fourth-order valence-electron chi connectivity index (χ4n) is 4.19. The molecule has 0 radical (unpaired) electrons. The van der Waals surface area contributed by atoms with Crippen molar-refractivity contribution < 1.29 is 14.4 Å². The highest BCUT2D eigenvalue weighted by molar-refractivity contribution is 6.05. The number of rotatable bonds is 8. The van der Waals surface area contributed by atoms with Crippen molar-refractivity contribution in [1.82, 2.24) is 10.2 Å². The second-order valence-corrected chi connectivity index (χ2v) is 10.5. The number of benzene rings is 3. The Kier molecular flexibility index (Phi) is 10.1. The van der Waals surface area contributed by atoms with E-state index in [2.05, 4.69) is 36.5 Å². The van der Waals surface area contributed by atoms with Crippen molar-refractivity contribution in [2.24, 2.45) is 5.11 Å². The highest BCUT2D eigenvalue weighted by Crippen LogP contribution is 2.26. The first-order valence-electron chi connectivity index (χ1n) is 13.4. The summed E-state index contributed by atoms with van der Waals surface area (Å²) in [6, 6.07) is 20.9. The molecular formula is C31H37N7O3. The van der Waals surface area contributed by atoms with Crippen LogP contribution in [0.5, 0.6) is 0 Å². The Morgan fingerprint density at radius 3 is 2.07 bits per heavy atom. The van der Waals surface area contributed by atoms with Crippen molar-refractivity contribution in [1.29, 1.82) is 10.9 Å². The molecule has 214 valence electrons. The average molecular weight is 556 g/mol. The average Bonchev–Trinajstić information content (AvgIpc) is 2.96. The third-order valence-electron chi connectivity index (χ3n) is 6.60. The van der Waals surface area contributed by atoms with Crippen LogP contribution in [0.1, 0.15) is 66.5 Å². The van der Waals surface area contributed by atoms with Crippen LogP contribution in [0.3, 0.4) is 0 Å². The Balaban J connectivity index is 1.89. The van der Waals surface area contributed by atoms with Gasteiger partial charge in [0.1, 0.15) is 0 Å². The molecule has 0 atom stereocenters. The van der Waals surface area contributed by atoms with E-state index in [4.69, 9.17) is 10.9 Å². The van der Waals surface area contributed by atoms with Gasteiger partial charge in [0.15, 0.2) is 0 Å². The third kappa shape index (κ3) is 8.07. The minimum absolute atomic E-state index is 0.0521. The van der Waals surface area contributed by atoms with Gasteiger partial charge >= 0.3 is 6.03 Å². The van der Waals surface area contributed by atoms with E-state index in [1.165, 1.54) is 0 Å². The van der Waals surface area contributed by atoms with Gasteiger partial charge in [0.25, 0.3) is 11.8 Å². The van der Waals surface area contributed by atoms with E-state index >= 15 is 0 Å². The standard InChI is InChI=1S/C31H37N7O3/c1-6-37(7-2)28(40)23-9-8-10-25(19-23)34-30(41)38(26-17-15-24(16-18-26)31(3,4)5)20-21-11-13-22(14-12-21)27(39)35-29(32)36-33/h8-19,33H,6-7,20H2,1-5H3,(H,34,41)(H2,32,35,39). The summed E-state index contributed by atoms with van der Waals surface area (Å²) >= 11 is 0. The smallest absolute Gasteiger partial charge is 0.326 e. The summed E-state index contributed by atoms with van der Waals surface area (Å²) in [7, 11) is 0. The molecule has 0 heterocycles. The molecule has 0 unspecified atom stereocenters. The van der Waals surface area contributed by atoms with E-state index in [1.807, 2.05) is 38.1 Å². The molecule has 3 rings (SSSR count). The molecule has 0 saturated carbocycles. The number of carbonyl (C=O) groups is 3. The van der Waals surface area contributed by atoms with E-state index in [-0.39, 0.29) is 23.9 Å². The molecule has 0 bridgehead atoms. The quantitative estimate of drug-likeness (QED) is 0.145. The number of guanidine groups is 1. The molecule has 0 saturated heterocycles. The molecule has 0 aromatic heterocycles. The zero-order chi connectivity index (χ0) is 30.2. The first-order chi connectivity index (χ1) is 19.5. The van der Waals surface area contributed by atoms with Crippen molar-refractivity contribution >= 4 is 35.2 Å². The highest BCUT2D eigenvalue weighted by Gasteiger charge is 2.20. The number of hydrogen-bond donors (Lipinski definition) is 4. The van der Waals surface area contributed by atoms with Crippen LogP contribution >= 0.6 is 0 Å². The summed E-state index contributed by atoms with van der Waals surface area (Å²) in [5.74, 6) is -1.20. The van der Waals surface area contributed by atoms with Crippen LogP contribution in [0.15, 0.2) is 77.9 Å². The van der Waals surface area contributed by atoms with Crippen LogP contribution in [-0.2, 0) is 12.0 Å². The van der Waals surface area contributed by atoms with Crippen LogP contribution in [-0.4, -0.2) is 41.8 Å². The number of amides is 4. The molecule has 0 fully saturated rings. The minimum atomic E-state index is -0.552. The SMILES string of the molecule is CCN(CC)C(=O)c1cccc(NC(=O)N(Cc2ccc(C(=O)NC(=N)N=N)cc2)c2ccc(C(C)(C)C)cc2)c1. The molecule has 0 aliphatic heterocycles. The summed E-state index contributed by atoms with van der Waals surface area (Å²) in [4.78, 5) is 42.1. The first kappa shape index (κ1) is 30.7.